The van der Waals surface area contributed by atoms with E-state index in [0.717, 1.165) is 0 Å². The van der Waals surface area contributed by atoms with Gasteiger partial charge in [0.15, 0.2) is 0 Å². The summed E-state index contributed by atoms with van der Waals surface area (Å²) in [6, 6.07) is 5.60. The van der Waals surface area contributed by atoms with E-state index >= 15 is 0 Å². The number of benzene rings is 1. The summed E-state index contributed by atoms with van der Waals surface area (Å²) in [5, 5.41) is 17.1. The molecular weight excluding hydrogens is 316 g/mol. The molecule has 7 nitrogen and oxygen atoms in total. The van der Waals surface area contributed by atoms with E-state index < -0.39 is 4.92 Å². The van der Waals surface area contributed by atoms with Crippen LogP contribution in [0.25, 0.3) is 0 Å². The molecule has 2 aromatic rings. The minimum Gasteiger partial charge on any atom is -0.321 e. The maximum atomic E-state index is 12.0. The molecule has 0 aliphatic carbocycles. The number of nitro groups is 1. The Hall–Kier alpha value is -2.22. The largest absolute Gasteiger partial charge is 0.321 e. The molecule has 1 heterocycles. The normalized spacial score (nSPS) is 10.2. The van der Waals surface area contributed by atoms with E-state index in [2.05, 4.69) is 26.3 Å². The van der Waals surface area contributed by atoms with E-state index in [0.29, 0.717) is 15.9 Å². The third-order valence-electron chi connectivity index (χ3n) is 2.45. The van der Waals surface area contributed by atoms with E-state index in [-0.39, 0.29) is 11.6 Å². The Kier molecular flexibility index (Phi) is 3.61. The van der Waals surface area contributed by atoms with Crippen molar-refractivity contribution in [2.75, 3.05) is 5.32 Å². The molecule has 0 atom stereocenters. The maximum absolute atomic E-state index is 12.0. The smallest absolute Gasteiger partial charge is 0.275 e. The van der Waals surface area contributed by atoms with Gasteiger partial charge in [0, 0.05) is 24.9 Å². The van der Waals surface area contributed by atoms with Gasteiger partial charge in [-0.25, -0.2) is 0 Å². The highest BCUT2D eigenvalue weighted by Crippen LogP contribution is 2.19. The van der Waals surface area contributed by atoms with E-state index in [1.807, 2.05) is 0 Å². The highest BCUT2D eigenvalue weighted by molar-refractivity contribution is 9.10. The van der Waals surface area contributed by atoms with Crippen molar-refractivity contribution in [3.63, 3.8) is 0 Å². The first-order valence-electron chi connectivity index (χ1n) is 5.22. The number of rotatable bonds is 3. The molecule has 0 aliphatic rings. The van der Waals surface area contributed by atoms with Gasteiger partial charge in [0.2, 0.25) is 0 Å². The van der Waals surface area contributed by atoms with Crippen molar-refractivity contribution in [1.82, 2.24) is 9.78 Å². The summed E-state index contributed by atoms with van der Waals surface area (Å²) in [5.41, 5.74) is 0.821. The number of nitro benzene ring substituents is 1. The number of aromatic nitrogens is 2. The van der Waals surface area contributed by atoms with Gasteiger partial charge in [-0.2, -0.15) is 5.10 Å². The second-order valence-electron chi connectivity index (χ2n) is 3.72. The molecule has 19 heavy (non-hydrogen) atoms. The van der Waals surface area contributed by atoms with Crippen LogP contribution >= 0.6 is 15.9 Å². The predicted molar refractivity (Wildman–Crippen MR) is 72.0 cm³/mol. The molecule has 1 amide bonds. The van der Waals surface area contributed by atoms with Crippen LogP contribution in [0.2, 0.25) is 0 Å². The Morgan fingerprint density at radius 3 is 2.53 bits per heavy atom. The standard InChI is InChI=1S/C11H9BrN4O3/c1-15-10(9(12)6-13-15)11(17)14-7-2-4-8(5-3-7)16(18)19/h2-6H,1H3,(H,14,17). The Morgan fingerprint density at radius 2 is 2.05 bits per heavy atom. The molecular formula is C11H9BrN4O3. The predicted octanol–water partition coefficient (Wildman–Crippen LogP) is 2.34. The molecule has 2 rings (SSSR count). The van der Waals surface area contributed by atoms with Crippen molar-refractivity contribution in [1.29, 1.82) is 0 Å². The Morgan fingerprint density at radius 1 is 1.42 bits per heavy atom. The summed E-state index contributed by atoms with van der Waals surface area (Å²) in [6.45, 7) is 0. The van der Waals surface area contributed by atoms with Crippen molar-refractivity contribution >= 4 is 33.2 Å². The first-order chi connectivity index (χ1) is 8.99. The minimum atomic E-state index is -0.497. The Bertz CT molecular complexity index is 616. The second kappa shape index (κ2) is 5.19. The van der Waals surface area contributed by atoms with Crippen LogP contribution in [0.4, 0.5) is 11.4 Å². The topological polar surface area (TPSA) is 90.1 Å². The molecule has 8 heteroatoms. The monoisotopic (exact) mass is 324 g/mol. The Labute approximate surface area is 116 Å². The zero-order valence-electron chi connectivity index (χ0n) is 9.83. The summed E-state index contributed by atoms with van der Waals surface area (Å²) >= 11 is 3.23. The van der Waals surface area contributed by atoms with Gasteiger partial charge in [-0.3, -0.25) is 19.6 Å². The number of hydrogen-bond donors (Lipinski definition) is 1. The number of aryl methyl sites for hydroxylation is 1. The summed E-state index contributed by atoms with van der Waals surface area (Å²) in [7, 11) is 1.65. The van der Waals surface area contributed by atoms with Crippen LogP contribution < -0.4 is 5.32 Å². The van der Waals surface area contributed by atoms with Crippen LogP contribution in [0.5, 0.6) is 0 Å². The number of nitrogens with one attached hydrogen (secondary N) is 1. The van der Waals surface area contributed by atoms with Crippen LogP contribution in [0.15, 0.2) is 34.9 Å². The molecule has 98 valence electrons. The molecule has 0 bridgehead atoms. The fourth-order valence-electron chi connectivity index (χ4n) is 1.52. The van der Waals surface area contributed by atoms with Crippen molar-refractivity contribution in [3.8, 4) is 0 Å². The third kappa shape index (κ3) is 2.79. The fourth-order valence-corrected chi connectivity index (χ4v) is 2.05. The molecule has 0 saturated carbocycles. The number of carbonyl (C=O) groups is 1. The van der Waals surface area contributed by atoms with Crippen LogP contribution in [0.3, 0.4) is 0 Å². The van der Waals surface area contributed by atoms with Crippen molar-refractivity contribution < 1.29 is 9.72 Å². The number of nitrogens with zero attached hydrogens (tertiary/aromatic N) is 3. The molecule has 0 fully saturated rings. The summed E-state index contributed by atoms with van der Waals surface area (Å²) in [4.78, 5) is 22.0. The number of anilines is 1. The van der Waals surface area contributed by atoms with Crippen molar-refractivity contribution in [2.24, 2.45) is 7.05 Å². The highest BCUT2D eigenvalue weighted by atomic mass is 79.9. The van der Waals surface area contributed by atoms with Crippen LogP contribution in [-0.2, 0) is 7.05 Å². The minimum absolute atomic E-state index is 0.0280. The van der Waals surface area contributed by atoms with Crippen LogP contribution in [0, 0.1) is 10.1 Å². The average Bonchev–Trinajstić information content (AvgIpc) is 2.69. The van der Waals surface area contributed by atoms with E-state index in [1.54, 1.807) is 7.05 Å². The van der Waals surface area contributed by atoms with E-state index in [9.17, 15) is 14.9 Å². The maximum Gasteiger partial charge on any atom is 0.275 e. The van der Waals surface area contributed by atoms with Gasteiger partial charge in [-0.1, -0.05) is 0 Å². The van der Waals surface area contributed by atoms with Crippen molar-refractivity contribution in [3.05, 3.63) is 50.7 Å². The number of non-ortho nitro benzene ring substituents is 1. The first kappa shape index (κ1) is 13.2. The van der Waals surface area contributed by atoms with Gasteiger partial charge >= 0.3 is 0 Å². The van der Waals surface area contributed by atoms with Gasteiger partial charge < -0.3 is 5.32 Å². The van der Waals surface area contributed by atoms with E-state index in [4.69, 9.17) is 0 Å². The fraction of sp³-hybridized carbons (Fsp3) is 0.0909. The molecule has 0 aliphatic heterocycles. The molecule has 1 aromatic carbocycles. The van der Waals surface area contributed by atoms with Gasteiger partial charge in [0.25, 0.3) is 11.6 Å². The highest BCUT2D eigenvalue weighted by Gasteiger charge is 2.15. The zero-order valence-corrected chi connectivity index (χ0v) is 11.4. The third-order valence-corrected chi connectivity index (χ3v) is 3.03. The molecule has 0 unspecified atom stereocenters. The van der Waals surface area contributed by atoms with Gasteiger partial charge in [-0.15, -0.1) is 0 Å². The molecule has 0 spiro atoms. The lowest BCUT2D eigenvalue weighted by atomic mass is 10.2. The van der Waals surface area contributed by atoms with Gasteiger partial charge in [0.1, 0.15) is 5.69 Å². The second-order valence-corrected chi connectivity index (χ2v) is 4.58. The first-order valence-corrected chi connectivity index (χ1v) is 6.01. The lowest BCUT2D eigenvalue weighted by Gasteiger charge is -2.05. The zero-order chi connectivity index (χ0) is 14.0. The number of hydrogen-bond acceptors (Lipinski definition) is 4. The number of halogens is 1. The summed E-state index contributed by atoms with van der Waals surface area (Å²) < 4.78 is 2.01. The summed E-state index contributed by atoms with van der Waals surface area (Å²) in [6.07, 6.45) is 1.52. The van der Waals surface area contributed by atoms with Crippen LogP contribution in [-0.4, -0.2) is 20.6 Å². The van der Waals surface area contributed by atoms with Gasteiger partial charge in [0.05, 0.1) is 15.6 Å². The molecule has 1 aromatic heterocycles. The number of carbonyl (C=O) groups excluding carboxylic acids is 1. The lowest BCUT2D eigenvalue weighted by Crippen LogP contribution is -2.16. The molecule has 1 N–H and O–H groups in total. The average molecular weight is 325 g/mol. The quantitative estimate of drug-likeness (QED) is 0.693. The number of amides is 1. The molecule has 0 radical (unpaired) electrons. The molecule has 0 saturated heterocycles. The SMILES string of the molecule is Cn1ncc(Br)c1C(=O)Nc1ccc([N+](=O)[O-])cc1. The summed E-state index contributed by atoms with van der Waals surface area (Å²) in [5.74, 6) is -0.347. The lowest BCUT2D eigenvalue weighted by molar-refractivity contribution is -0.384. The van der Waals surface area contributed by atoms with Crippen molar-refractivity contribution in [2.45, 2.75) is 0 Å². The van der Waals surface area contributed by atoms with E-state index in [1.165, 1.54) is 35.1 Å². The van der Waals surface area contributed by atoms with Gasteiger partial charge in [-0.05, 0) is 28.1 Å². The Balaban J connectivity index is 2.17. The van der Waals surface area contributed by atoms with Crippen LogP contribution in [0.1, 0.15) is 10.5 Å².